The van der Waals surface area contributed by atoms with Gasteiger partial charge in [0, 0.05) is 45.0 Å². The Morgan fingerprint density at radius 2 is 2.00 bits per heavy atom. The van der Waals surface area contributed by atoms with E-state index in [4.69, 9.17) is 14.8 Å². The molecule has 0 aliphatic carbocycles. The van der Waals surface area contributed by atoms with Crippen molar-refractivity contribution in [2.45, 2.75) is 32.1 Å². The molecular formula is C26H22N2O4S. The van der Waals surface area contributed by atoms with Gasteiger partial charge in [-0.2, -0.15) is 5.26 Å². The highest BCUT2D eigenvalue weighted by atomic mass is 32.1. The Bertz CT molecular complexity index is 1420. The highest BCUT2D eigenvalue weighted by molar-refractivity contribution is 7.13. The third-order valence-corrected chi connectivity index (χ3v) is 7.19. The molecule has 0 fully saturated rings. The van der Waals surface area contributed by atoms with Crippen LogP contribution in [0.2, 0.25) is 0 Å². The minimum absolute atomic E-state index is 0.300. The Morgan fingerprint density at radius 3 is 2.79 bits per heavy atom. The summed E-state index contributed by atoms with van der Waals surface area (Å²) in [7, 11) is 0. The Morgan fingerprint density at radius 1 is 1.21 bits per heavy atom. The fraction of sp³-hybridized carbons (Fsp3) is 0.269. The molecule has 0 saturated heterocycles. The summed E-state index contributed by atoms with van der Waals surface area (Å²) < 4.78 is 5.84. The number of hydrogen-bond acceptors (Lipinski definition) is 6. The molecule has 4 heterocycles. The molecule has 2 aliphatic heterocycles. The second-order valence-electron chi connectivity index (χ2n) is 8.36. The van der Waals surface area contributed by atoms with Crippen molar-refractivity contribution in [2.75, 3.05) is 18.0 Å². The summed E-state index contributed by atoms with van der Waals surface area (Å²) in [4.78, 5) is 27.8. The summed E-state index contributed by atoms with van der Waals surface area (Å²) in [6.07, 6.45) is 9.85. The maximum absolute atomic E-state index is 12.7. The molecule has 33 heavy (non-hydrogen) atoms. The highest BCUT2D eigenvalue weighted by Gasteiger charge is 2.27. The van der Waals surface area contributed by atoms with E-state index < -0.39 is 5.97 Å². The molecule has 0 unspecified atom stereocenters. The lowest BCUT2D eigenvalue weighted by atomic mass is 9.90. The Kier molecular flexibility index (Phi) is 5.61. The number of carboxylic acids is 1. The zero-order valence-corrected chi connectivity index (χ0v) is 18.8. The zero-order chi connectivity index (χ0) is 22.9. The van der Waals surface area contributed by atoms with Crippen molar-refractivity contribution in [1.29, 1.82) is 5.26 Å². The summed E-state index contributed by atoms with van der Waals surface area (Å²) in [5.41, 5.74) is 4.58. The average Bonchev–Trinajstić information content (AvgIpc) is 3.26. The number of carbonyl (C=O) groups is 1. The van der Waals surface area contributed by atoms with Gasteiger partial charge in [-0.25, -0.2) is 9.59 Å². The molecule has 7 heteroatoms. The second kappa shape index (κ2) is 8.72. The van der Waals surface area contributed by atoms with Gasteiger partial charge < -0.3 is 14.4 Å². The van der Waals surface area contributed by atoms with E-state index in [-0.39, 0.29) is 11.2 Å². The molecule has 0 radical (unpaired) electrons. The fourth-order valence-corrected chi connectivity index (χ4v) is 5.64. The first-order valence-corrected chi connectivity index (χ1v) is 11.8. The predicted molar refractivity (Wildman–Crippen MR) is 130 cm³/mol. The molecule has 0 atom stereocenters. The van der Waals surface area contributed by atoms with E-state index in [0.717, 1.165) is 54.6 Å². The van der Waals surface area contributed by atoms with E-state index in [0.29, 0.717) is 16.9 Å². The Labute approximate surface area is 194 Å². The van der Waals surface area contributed by atoms with Crippen LogP contribution in [0.3, 0.4) is 0 Å². The molecule has 0 bridgehead atoms. The number of aryl methyl sites for hydroxylation is 2. The molecule has 1 aromatic carbocycles. The number of allylic oxidation sites excluding steroid dienone is 1. The smallest absolute Gasteiger partial charge is 0.346 e. The monoisotopic (exact) mass is 458 g/mol. The lowest BCUT2D eigenvalue weighted by molar-refractivity contribution is -0.132. The van der Waals surface area contributed by atoms with Crippen molar-refractivity contribution in [1.82, 2.24) is 0 Å². The van der Waals surface area contributed by atoms with E-state index in [1.165, 1.54) is 34.2 Å². The van der Waals surface area contributed by atoms with Crippen LogP contribution in [0.25, 0.3) is 23.1 Å². The molecule has 2 aromatic heterocycles. The molecule has 1 N–H and O–H groups in total. The normalized spacial score (nSPS) is 15.6. The molecule has 166 valence electrons. The van der Waals surface area contributed by atoms with Crippen LogP contribution >= 0.6 is 11.3 Å². The summed E-state index contributed by atoms with van der Waals surface area (Å²) in [6, 6.07) is 9.46. The van der Waals surface area contributed by atoms with Crippen LogP contribution in [-0.4, -0.2) is 24.2 Å². The molecule has 6 nitrogen and oxygen atoms in total. The molecule has 0 saturated carbocycles. The number of nitriles is 1. The van der Waals surface area contributed by atoms with E-state index in [2.05, 4.69) is 11.0 Å². The minimum atomic E-state index is -1.24. The van der Waals surface area contributed by atoms with Gasteiger partial charge in [0.25, 0.3) is 0 Å². The number of carboxylic acid groups (broad SMARTS) is 1. The van der Waals surface area contributed by atoms with Crippen LogP contribution in [-0.2, 0) is 24.1 Å². The predicted octanol–water partition coefficient (Wildman–Crippen LogP) is 4.80. The molecule has 3 aromatic rings. The minimum Gasteiger partial charge on any atom is -0.477 e. The van der Waals surface area contributed by atoms with Crippen LogP contribution in [0.1, 0.15) is 39.3 Å². The van der Waals surface area contributed by atoms with Crippen molar-refractivity contribution < 1.29 is 14.3 Å². The third-order valence-electron chi connectivity index (χ3n) is 6.19. The van der Waals surface area contributed by atoms with Crippen LogP contribution in [0.4, 0.5) is 5.69 Å². The molecule has 5 rings (SSSR count). The standard InChI is InChI=1S/C26H22N2O4S/c27-15-19(25(29)30)14-21-9-8-20(33-21)6-1-4-17-13-18-12-16-5-2-10-28-11-3-7-22(23(16)28)24(18)32-26(17)31/h1,6,8-9,12-14H,2-5,7,10-11H2,(H,29,30)/b6-1+,19-14+. The fourth-order valence-electron chi connectivity index (χ4n) is 4.75. The molecule has 2 aliphatic rings. The van der Waals surface area contributed by atoms with Crippen molar-refractivity contribution in [3.63, 3.8) is 0 Å². The van der Waals surface area contributed by atoms with E-state index >= 15 is 0 Å². The first kappa shape index (κ1) is 21.2. The second-order valence-corrected chi connectivity index (χ2v) is 9.50. The van der Waals surface area contributed by atoms with Gasteiger partial charge >= 0.3 is 11.6 Å². The summed E-state index contributed by atoms with van der Waals surface area (Å²) >= 11 is 1.38. The summed E-state index contributed by atoms with van der Waals surface area (Å²) in [6.45, 7) is 2.15. The first-order chi connectivity index (χ1) is 16.0. The molecule has 0 spiro atoms. The number of hydrogen-bond donors (Lipinski definition) is 1. The number of anilines is 1. The number of aliphatic carboxylic acids is 1. The van der Waals surface area contributed by atoms with Gasteiger partial charge in [0.2, 0.25) is 0 Å². The van der Waals surface area contributed by atoms with Gasteiger partial charge in [-0.1, -0.05) is 6.08 Å². The highest BCUT2D eigenvalue weighted by Crippen LogP contribution is 2.39. The SMILES string of the molecule is N#C/C(=C\c1ccc(/C=C/Cc2cc3cc4c5c(c3oc2=O)CCCN5CCC4)s1)C(=O)O. The van der Waals surface area contributed by atoms with Crippen LogP contribution in [0, 0.1) is 11.3 Å². The zero-order valence-electron chi connectivity index (χ0n) is 18.0. The maximum atomic E-state index is 12.7. The van der Waals surface area contributed by atoms with Crippen molar-refractivity contribution >= 4 is 46.1 Å². The number of nitrogens with zero attached hydrogens (tertiary/aromatic N) is 2. The maximum Gasteiger partial charge on any atom is 0.346 e. The number of benzene rings is 1. The topological polar surface area (TPSA) is 94.5 Å². The van der Waals surface area contributed by atoms with Crippen molar-refractivity contribution in [3.8, 4) is 6.07 Å². The first-order valence-electron chi connectivity index (χ1n) is 11.0. The van der Waals surface area contributed by atoms with Gasteiger partial charge in [-0.05, 0) is 74.1 Å². The number of rotatable bonds is 5. The van der Waals surface area contributed by atoms with Gasteiger partial charge in [-0.15, -0.1) is 11.3 Å². The average molecular weight is 459 g/mol. The summed E-state index contributed by atoms with van der Waals surface area (Å²) in [5.74, 6) is -1.24. The number of thiophene rings is 1. The van der Waals surface area contributed by atoms with Gasteiger partial charge in [0.05, 0.1) is 0 Å². The van der Waals surface area contributed by atoms with Crippen LogP contribution < -0.4 is 10.5 Å². The van der Waals surface area contributed by atoms with Crippen molar-refractivity contribution in [3.05, 3.63) is 72.8 Å². The number of fused-ring (bicyclic) bond motifs is 2. The Hall–Kier alpha value is -3.63. The largest absolute Gasteiger partial charge is 0.477 e. The van der Waals surface area contributed by atoms with Crippen molar-refractivity contribution in [2.24, 2.45) is 0 Å². The van der Waals surface area contributed by atoms with Crippen LogP contribution in [0.5, 0.6) is 0 Å². The van der Waals surface area contributed by atoms with E-state index in [1.807, 2.05) is 24.3 Å². The lowest BCUT2D eigenvalue weighted by Crippen LogP contribution is -2.34. The summed E-state index contributed by atoms with van der Waals surface area (Å²) in [5, 5.41) is 18.9. The molecular weight excluding hydrogens is 436 g/mol. The van der Waals surface area contributed by atoms with Gasteiger partial charge in [0.1, 0.15) is 17.2 Å². The van der Waals surface area contributed by atoms with Crippen LogP contribution in [0.15, 0.2) is 45.1 Å². The van der Waals surface area contributed by atoms with E-state index in [1.54, 1.807) is 12.1 Å². The Balaban J connectivity index is 1.40. The third kappa shape index (κ3) is 4.10. The quantitative estimate of drug-likeness (QED) is 0.335. The van der Waals surface area contributed by atoms with Gasteiger partial charge in [-0.3, -0.25) is 0 Å². The lowest BCUT2D eigenvalue weighted by Gasteiger charge is -2.37. The molecule has 0 amide bonds. The van der Waals surface area contributed by atoms with Gasteiger partial charge in [0.15, 0.2) is 0 Å². The van der Waals surface area contributed by atoms with E-state index in [9.17, 15) is 9.59 Å².